The Morgan fingerprint density at radius 2 is 2.36 bits per heavy atom. The van der Waals surface area contributed by atoms with Crippen molar-refractivity contribution in [3.63, 3.8) is 0 Å². The molecule has 4 heteroatoms. The Morgan fingerprint density at radius 1 is 1.64 bits per heavy atom. The summed E-state index contributed by atoms with van der Waals surface area (Å²) in [5.41, 5.74) is 1.42. The lowest BCUT2D eigenvalue weighted by atomic mass is 10.2. The van der Waals surface area contributed by atoms with E-state index in [0.717, 1.165) is 5.56 Å². The van der Waals surface area contributed by atoms with Crippen LogP contribution in [0.15, 0.2) is 12.3 Å². The molecule has 14 heavy (non-hydrogen) atoms. The van der Waals surface area contributed by atoms with E-state index < -0.39 is 0 Å². The molecule has 0 radical (unpaired) electrons. The first-order valence-electron chi connectivity index (χ1n) is 4.47. The molecule has 76 valence electrons. The van der Waals surface area contributed by atoms with E-state index in [2.05, 4.69) is 10.3 Å². The number of aromatic nitrogens is 1. The number of nitrogens with one attached hydrogen (secondary N) is 1. The maximum atomic E-state index is 11.5. The van der Waals surface area contributed by atoms with E-state index in [1.54, 1.807) is 12.3 Å². The lowest BCUT2D eigenvalue weighted by molar-refractivity contribution is 0.0952. The highest BCUT2D eigenvalue weighted by Gasteiger charge is 2.12. The number of ether oxygens (including phenoxy) is 1. The van der Waals surface area contributed by atoms with Gasteiger partial charge in [0, 0.05) is 12.7 Å². The van der Waals surface area contributed by atoms with Crippen molar-refractivity contribution in [2.24, 2.45) is 0 Å². The van der Waals surface area contributed by atoms with Crippen LogP contribution in [0.1, 0.15) is 22.8 Å². The standard InChI is InChI=1S/C10H14N2O2/c1-4-11-9(13)8-5-7(2)6-12-10(8)14-3/h5-6H,4H2,1-3H3,(H,11,13). The van der Waals surface area contributed by atoms with Gasteiger partial charge in [-0.2, -0.15) is 0 Å². The molecule has 1 N–H and O–H groups in total. The molecule has 0 saturated carbocycles. The van der Waals surface area contributed by atoms with Crippen LogP contribution < -0.4 is 10.1 Å². The molecule has 0 fully saturated rings. The lowest BCUT2D eigenvalue weighted by Crippen LogP contribution is -2.23. The molecular weight excluding hydrogens is 180 g/mol. The molecule has 0 aliphatic rings. The van der Waals surface area contributed by atoms with E-state index in [4.69, 9.17) is 4.74 Å². The molecule has 1 amide bonds. The van der Waals surface area contributed by atoms with Crippen LogP contribution >= 0.6 is 0 Å². The molecule has 1 rings (SSSR count). The van der Waals surface area contributed by atoms with Gasteiger partial charge in [0.1, 0.15) is 5.56 Å². The highest BCUT2D eigenvalue weighted by Crippen LogP contribution is 2.15. The summed E-state index contributed by atoms with van der Waals surface area (Å²) in [6, 6.07) is 1.76. The molecule has 0 aliphatic heterocycles. The van der Waals surface area contributed by atoms with Gasteiger partial charge in [-0.15, -0.1) is 0 Å². The predicted molar refractivity (Wildman–Crippen MR) is 53.5 cm³/mol. The van der Waals surface area contributed by atoms with Gasteiger partial charge in [-0.3, -0.25) is 4.79 Å². The SMILES string of the molecule is CCNC(=O)c1cc(C)cnc1OC. The first-order chi connectivity index (χ1) is 6.69. The summed E-state index contributed by atoms with van der Waals surface area (Å²) in [6.07, 6.45) is 1.67. The molecule has 0 aromatic carbocycles. The molecule has 1 aromatic heterocycles. The maximum absolute atomic E-state index is 11.5. The predicted octanol–water partition coefficient (Wildman–Crippen LogP) is 1.15. The summed E-state index contributed by atoms with van der Waals surface area (Å²) in [4.78, 5) is 15.6. The first kappa shape index (κ1) is 10.5. The van der Waals surface area contributed by atoms with Crippen LogP contribution in [0, 0.1) is 6.92 Å². The van der Waals surface area contributed by atoms with Gasteiger partial charge in [0.15, 0.2) is 0 Å². The Bertz CT molecular complexity index is 337. The first-order valence-corrected chi connectivity index (χ1v) is 4.47. The van der Waals surface area contributed by atoms with Gasteiger partial charge in [0.05, 0.1) is 7.11 Å². The van der Waals surface area contributed by atoms with Crippen molar-refractivity contribution >= 4 is 5.91 Å². The molecule has 0 spiro atoms. The second-order valence-corrected chi connectivity index (χ2v) is 2.93. The summed E-state index contributed by atoms with van der Waals surface area (Å²) in [5.74, 6) is 0.210. The molecule has 1 aromatic rings. The van der Waals surface area contributed by atoms with E-state index in [-0.39, 0.29) is 5.91 Å². The number of pyridine rings is 1. The van der Waals surface area contributed by atoms with Crippen molar-refractivity contribution in [3.05, 3.63) is 23.4 Å². The van der Waals surface area contributed by atoms with Crippen molar-refractivity contribution in [3.8, 4) is 5.88 Å². The van der Waals surface area contributed by atoms with E-state index in [0.29, 0.717) is 18.0 Å². The second kappa shape index (κ2) is 4.60. The summed E-state index contributed by atoms with van der Waals surface area (Å²) < 4.78 is 5.00. The number of carbonyl (C=O) groups excluding carboxylic acids is 1. The van der Waals surface area contributed by atoms with Crippen molar-refractivity contribution in [1.82, 2.24) is 10.3 Å². The van der Waals surface area contributed by atoms with Gasteiger partial charge in [-0.25, -0.2) is 4.98 Å². The quantitative estimate of drug-likeness (QED) is 0.785. The minimum atomic E-state index is -0.152. The molecule has 0 aliphatic carbocycles. The zero-order valence-corrected chi connectivity index (χ0v) is 8.63. The average Bonchev–Trinajstić information content (AvgIpc) is 2.18. The Morgan fingerprint density at radius 3 is 2.93 bits per heavy atom. The highest BCUT2D eigenvalue weighted by atomic mass is 16.5. The zero-order chi connectivity index (χ0) is 10.6. The van der Waals surface area contributed by atoms with Gasteiger partial charge in [-0.05, 0) is 25.5 Å². The maximum Gasteiger partial charge on any atom is 0.256 e. The van der Waals surface area contributed by atoms with Gasteiger partial charge >= 0.3 is 0 Å². The minimum Gasteiger partial charge on any atom is -0.480 e. The van der Waals surface area contributed by atoms with Crippen LogP contribution in [0.4, 0.5) is 0 Å². The number of aryl methyl sites for hydroxylation is 1. The fourth-order valence-corrected chi connectivity index (χ4v) is 1.14. The fourth-order valence-electron chi connectivity index (χ4n) is 1.14. The molecule has 0 unspecified atom stereocenters. The number of carbonyl (C=O) groups is 1. The number of nitrogens with zero attached hydrogens (tertiary/aromatic N) is 1. The normalized spacial score (nSPS) is 9.64. The van der Waals surface area contributed by atoms with Crippen LogP contribution in [-0.4, -0.2) is 24.5 Å². The van der Waals surface area contributed by atoms with E-state index in [1.165, 1.54) is 7.11 Å². The molecule has 0 atom stereocenters. The van der Waals surface area contributed by atoms with Gasteiger partial charge in [0.2, 0.25) is 5.88 Å². The largest absolute Gasteiger partial charge is 0.480 e. The zero-order valence-electron chi connectivity index (χ0n) is 8.63. The van der Waals surface area contributed by atoms with Crippen LogP contribution in [0.2, 0.25) is 0 Å². The summed E-state index contributed by atoms with van der Waals surface area (Å²) in [5, 5.41) is 2.70. The van der Waals surface area contributed by atoms with E-state index in [1.807, 2.05) is 13.8 Å². The average molecular weight is 194 g/mol. The Hall–Kier alpha value is -1.58. The monoisotopic (exact) mass is 194 g/mol. The molecule has 4 nitrogen and oxygen atoms in total. The minimum absolute atomic E-state index is 0.152. The van der Waals surface area contributed by atoms with Crippen molar-refractivity contribution < 1.29 is 9.53 Å². The Balaban J connectivity index is 3.03. The van der Waals surface area contributed by atoms with Crippen LogP contribution in [0.25, 0.3) is 0 Å². The second-order valence-electron chi connectivity index (χ2n) is 2.93. The number of hydrogen-bond donors (Lipinski definition) is 1. The van der Waals surface area contributed by atoms with Crippen molar-refractivity contribution in [2.45, 2.75) is 13.8 Å². The molecule has 1 heterocycles. The number of hydrogen-bond acceptors (Lipinski definition) is 3. The van der Waals surface area contributed by atoms with Crippen LogP contribution in [0.3, 0.4) is 0 Å². The molecular formula is C10H14N2O2. The Kier molecular flexibility index (Phi) is 3.45. The number of rotatable bonds is 3. The van der Waals surface area contributed by atoms with E-state index >= 15 is 0 Å². The fraction of sp³-hybridized carbons (Fsp3) is 0.400. The highest BCUT2D eigenvalue weighted by molar-refractivity contribution is 5.96. The van der Waals surface area contributed by atoms with Gasteiger partial charge in [-0.1, -0.05) is 0 Å². The molecule has 0 saturated heterocycles. The number of methoxy groups -OCH3 is 1. The van der Waals surface area contributed by atoms with E-state index in [9.17, 15) is 4.79 Å². The smallest absolute Gasteiger partial charge is 0.256 e. The summed E-state index contributed by atoms with van der Waals surface area (Å²) in [7, 11) is 1.50. The summed E-state index contributed by atoms with van der Waals surface area (Å²) in [6.45, 7) is 4.35. The third kappa shape index (κ3) is 2.22. The Labute approximate surface area is 83.3 Å². The van der Waals surface area contributed by atoms with Crippen molar-refractivity contribution in [2.75, 3.05) is 13.7 Å². The third-order valence-corrected chi connectivity index (χ3v) is 1.76. The van der Waals surface area contributed by atoms with Crippen molar-refractivity contribution in [1.29, 1.82) is 0 Å². The van der Waals surface area contributed by atoms with Crippen LogP contribution in [0.5, 0.6) is 5.88 Å². The molecule has 0 bridgehead atoms. The number of amides is 1. The summed E-state index contributed by atoms with van der Waals surface area (Å²) >= 11 is 0. The van der Waals surface area contributed by atoms with Crippen LogP contribution in [-0.2, 0) is 0 Å². The third-order valence-electron chi connectivity index (χ3n) is 1.76. The van der Waals surface area contributed by atoms with Gasteiger partial charge < -0.3 is 10.1 Å². The lowest BCUT2D eigenvalue weighted by Gasteiger charge is -2.07. The van der Waals surface area contributed by atoms with Gasteiger partial charge in [0.25, 0.3) is 5.91 Å². The topological polar surface area (TPSA) is 51.2 Å².